The number of nitrogens with zero attached hydrogens (tertiary/aromatic N) is 2. The van der Waals surface area contributed by atoms with Crippen molar-refractivity contribution in [1.29, 1.82) is 0 Å². The first-order valence-electron chi connectivity index (χ1n) is 5.17. The maximum Gasteiger partial charge on any atom is 0.272 e. The first-order chi connectivity index (χ1) is 7.22. The Hall–Kier alpha value is -1.42. The molecule has 1 rings (SSSR count). The van der Waals surface area contributed by atoms with E-state index in [1.807, 2.05) is 19.9 Å². The molecule has 2 N–H and O–H groups in total. The Bertz CT molecular complexity index is 334. The fraction of sp³-hybridized carbons (Fsp3) is 0.455. The molecule has 82 valence electrons. The number of rotatable bonds is 4. The van der Waals surface area contributed by atoms with Crippen molar-refractivity contribution in [3.63, 3.8) is 0 Å². The highest BCUT2D eigenvalue weighted by molar-refractivity contribution is 5.92. The summed E-state index contributed by atoms with van der Waals surface area (Å²) < 4.78 is 0. The molecule has 15 heavy (non-hydrogen) atoms. The van der Waals surface area contributed by atoms with Gasteiger partial charge in [0.25, 0.3) is 5.91 Å². The van der Waals surface area contributed by atoms with E-state index in [0.717, 1.165) is 5.56 Å². The maximum atomic E-state index is 11.9. The van der Waals surface area contributed by atoms with Crippen LogP contribution in [-0.4, -0.2) is 28.9 Å². The van der Waals surface area contributed by atoms with Crippen LogP contribution in [0, 0.1) is 0 Å². The highest BCUT2D eigenvalue weighted by Crippen LogP contribution is 2.04. The summed E-state index contributed by atoms with van der Waals surface area (Å²) in [7, 11) is 0. The minimum absolute atomic E-state index is 0.0321. The number of amides is 1. The number of carbonyl (C=O) groups is 1. The molecule has 0 aromatic carbocycles. The number of nitrogens with two attached hydrogens (primary N) is 1. The normalized spacial score (nSPS) is 10.1. The fourth-order valence-electron chi connectivity index (χ4n) is 1.39. The zero-order chi connectivity index (χ0) is 11.3. The van der Waals surface area contributed by atoms with Gasteiger partial charge in [-0.1, -0.05) is 0 Å². The second-order valence-electron chi connectivity index (χ2n) is 3.23. The van der Waals surface area contributed by atoms with Gasteiger partial charge in [-0.15, -0.1) is 0 Å². The van der Waals surface area contributed by atoms with E-state index in [4.69, 9.17) is 5.73 Å². The topological polar surface area (TPSA) is 59.2 Å². The average Bonchev–Trinajstić information content (AvgIpc) is 2.30. The summed E-state index contributed by atoms with van der Waals surface area (Å²) in [5.74, 6) is -0.0321. The number of aromatic nitrogens is 1. The average molecular weight is 207 g/mol. The van der Waals surface area contributed by atoms with Gasteiger partial charge in [-0.3, -0.25) is 9.78 Å². The van der Waals surface area contributed by atoms with Crippen LogP contribution in [0.2, 0.25) is 0 Å². The van der Waals surface area contributed by atoms with Crippen LogP contribution in [0.15, 0.2) is 18.3 Å². The molecule has 0 saturated carbocycles. The highest BCUT2D eigenvalue weighted by atomic mass is 16.2. The van der Waals surface area contributed by atoms with Crippen LogP contribution in [0.1, 0.15) is 29.9 Å². The molecule has 0 fully saturated rings. The highest BCUT2D eigenvalue weighted by Gasteiger charge is 2.13. The van der Waals surface area contributed by atoms with Gasteiger partial charge < -0.3 is 10.6 Å². The van der Waals surface area contributed by atoms with Crippen molar-refractivity contribution in [2.75, 3.05) is 13.1 Å². The summed E-state index contributed by atoms with van der Waals surface area (Å²) in [6.45, 7) is 5.73. The van der Waals surface area contributed by atoms with Crippen LogP contribution in [0.25, 0.3) is 0 Å². The van der Waals surface area contributed by atoms with E-state index >= 15 is 0 Å². The number of carbonyl (C=O) groups excluding carboxylic acids is 1. The van der Waals surface area contributed by atoms with Gasteiger partial charge in [-0.2, -0.15) is 0 Å². The molecule has 4 heteroatoms. The van der Waals surface area contributed by atoms with E-state index < -0.39 is 0 Å². The van der Waals surface area contributed by atoms with Gasteiger partial charge in [0.05, 0.1) is 0 Å². The molecule has 0 saturated heterocycles. The van der Waals surface area contributed by atoms with Gasteiger partial charge in [-0.25, -0.2) is 0 Å². The Morgan fingerprint density at radius 1 is 1.47 bits per heavy atom. The zero-order valence-electron chi connectivity index (χ0n) is 9.23. The van der Waals surface area contributed by atoms with Crippen molar-refractivity contribution in [3.05, 3.63) is 29.6 Å². The maximum absolute atomic E-state index is 11.9. The lowest BCUT2D eigenvalue weighted by Crippen LogP contribution is -2.31. The monoisotopic (exact) mass is 207 g/mol. The van der Waals surface area contributed by atoms with E-state index in [2.05, 4.69) is 4.98 Å². The minimum Gasteiger partial charge on any atom is -0.338 e. The molecular weight excluding hydrogens is 190 g/mol. The molecule has 0 aliphatic rings. The van der Waals surface area contributed by atoms with Crippen molar-refractivity contribution in [2.45, 2.75) is 20.4 Å². The van der Waals surface area contributed by atoms with E-state index in [-0.39, 0.29) is 5.91 Å². The standard InChI is InChI=1S/C11H17N3O/c1-3-14(4-2)11(15)10-7-9(8-12)5-6-13-10/h5-7H,3-4,8,12H2,1-2H3. The number of hydrogen-bond acceptors (Lipinski definition) is 3. The lowest BCUT2D eigenvalue weighted by atomic mass is 10.2. The van der Waals surface area contributed by atoms with E-state index in [1.54, 1.807) is 17.2 Å². The fourth-order valence-corrected chi connectivity index (χ4v) is 1.39. The first-order valence-corrected chi connectivity index (χ1v) is 5.17. The van der Waals surface area contributed by atoms with Crippen LogP contribution >= 0.6 is 0 Å². The Balaban J connectivity index is 2.90. The third-order valence-corrected chi connectivity index (χ3v) is 2.33. The molecule has 0 atom stereocenters. The molecule has 0 unspecified atom stereocenters. The van der Waals surface area contributed by atoms with Gasteiger partial charge in [0.2, 0.25) is 0 Å². The molecule has 0 radical (unpaired) electrons. The van der Waals surface area contributed by atoms with Crippen LogP contribution in [-0.2, 0) is 6.54 Å². The molecule has 0 aliphatic heterocycles. The Kier molecular flexibility index (Phi) is 4.24. The molecule has 1 aromatic rings. The molecule has 4 nitrogen and oxygen atoms in total. The predicted octanol–water partition coefficient (Wildman–Crippen LogP) is 1.02. The predicted molar refractivity (Wildman–Crippen MR) is 59.4 cm³/mol. The van der Waals surface area contributed by atoms with Crippen molar-refractivity contribution >= 4 is 5.91 Å². The Morgan fingerprint density at radius 2 is 2.13 bits per heavy atom. The van der Waals surface area contributed by atoms with Gasteiger partial charge in [0.1, 0.15) is 5.69 Å². The summed E-state index contributed by atoms with van der Waals surface area (Å²) in [6.07, 6.45) is 1.62. The van der Waals surface area contributed by atoms with Crippen LogP contribution in [0.3, 0.4) is 0 Å². The van der Waals surface area contributed by atoms with Gasteiger partial charge in [0, 0.05) is 25.8 Å². The van der Waals surface area contributed by atoms with Crippen molar-refractivity contribution in [1.82, 2.24) is 9.88 Å². The van der Waals surface area contributed by atoms with E-state index in [9.17, 15) is 4.79 Å². The van der Waals surface area contributed by atoms with Crippen molar-refractivity contribution < 1.29 is 4.79 Å². The largest absolute Gasteiger partial charge is 0.338 e. The third kappa shape index (κ3) is 2.76. The van der Waals surface area contributed by atoms with E-state index in [0.29, 0.717) is 25.3 Å². The third-order valence-electron chi connectivity index (χ3n) is 2.33. The molecule has 0 spiro atoms. The Morgan fingerprint density at radius 3 is 2.67 bits per heavy atom. The number of hydrogen-bond donors (Lipinski definition) is 1. The Labute approximate surface area is 90.1 Å². The molecule has 0 bridgehead atoms. The minimum atomic E-state index is -0.0321. The first kappa shape index (κ1) is 11.7. The van der Waals surface area contributed by atoms with Gasteiger partial charge in [0.15, 0.2) is 0 Å². The summed E-state index contributed by atoms with van der Waals surface area (Å²) in [5, 5.41) is 0. The van der Waals surface area contributed by atoms with Crippen LogP contribution in [0.5, 0.6) is 0 Å². The lowest BCUT2D eigenvalue weighted by Gasteiger charge is -2.18. The molecule has 1 amide bonds. The van der Waals surface area contributed by atoms with E-state index in [1.165, 1.54) is 0 Å². The number of pyridine rings is 1. The second kappa shape index (κ2) is 5.46. The lowest BCUT2D eigenvalue weighted by molar-refractivity contribution is 0.0767. The smallest absolute Gasteiger partial charge is 0.272 e. The zero-order valence-corrected chi connectivity index (χ0v) is 9.23. The summed E-state index contributed by atoms with van der Waals surface area (Å²) >= 11 is 0. The second-order valence-corrected chi connectivity index (χ2v) is 3.23. The molecular formula is C11H17N3O. The quantitative estimate of drug-likeness (QED) is 0.802. The van der Waals surface area contributed by atoms with Crippen molar-refractivity contribution in [3.8, 4) is 0 Å². The van der Waals surface area contributed by atoms with Gasteiger partial charge >= 0.3 is 0 Å². The SMILES string of the molecule is CCN(CC)C(=O)c1cc(CN)ccn1. The molecule has 1 heterocycles. The summed E-state index contributed by atoms with van der Waals surface area (Å²) in [5.41, 5.74) is 6.91. The van der Waals surface area contributed by atoms with Crippen LogP contribution in [0.4, 0.5) is 0 Å². The van der Waals surface area contributed by atoms with Crippen molar-refractivity contribution in [2.24, 2.45) is 5.73 Å². The van der Waals surface area contributed by atoms with Crippen LogP contribution < -0.4 is 5.73 Å². The molecule has 1 aromatic heterocycles. The summed E-state index contributed by atoms with van der Waals surface area (Å²) in [6, 6.07) is 3.57. The van der Waals surface area contributed by atoms with Gasteiger partial charge in [-0.05, 0) is 31.5 Å². The molecule has 0 aliphatic carbocycles. The summed E-state index contributed by atoms with van der Waals surface area (Å²) in [4.78, 5) is 17.7.